The molecule has 6 heteroatoms. The van der Waals surface area contributed by atoms with Gasteiger partial charge in [-0.05, 0) is 33.1 Å². The number of alkyl halides is 3. The van der Waals surface area contributed by atoms with Crippen molar-refractivity contribution in [2.75, 3.05) is 0 Å². The summed E-state index contributed by atoms with van der Waals surface area (Å²) < 4.78 is 25.6. The number of nitriles is 1. The summed E-state index contributed by atoms with van der Waals surface area (Å²) in [6, 6.07) is 3.50. The minimum Gasteiger partial charge on any atom is -0.240 e. The zero-order valence-corrected chi connectivity index (χ0v) is 10.6. The Hall–Kier alpha value is -0.540. The van der Waals surface area contributed by atoms with Crippen LogP contribution in [-0.2, 0) is 11.8 Å². The Kier molecular flexibility index (Phi) is 4.61. The number of hydrogen-bond acceptors (Lipinski definition) is 2. The number of halogens is 4. The summed E-state index contributed by atoms with van der Waals surface area (Å²) >= 11 is 6.25. The second kappa shape index (κ2) is 5.52. The van der Waals surface area contributed by atoms with Crippen LogP contribution in [0.2, 0.25) is 0 Å². The van der Waals surface area contributed by atoms with Crippen molar-refractivity contribution >= 4 is 31.9 Å². The Balaban J connectivity index is 3.34. The van der Waals surface area contributed by atoms with E-state index >= 15 is 0 Å². The Morgan fingerprint density at radius 3 is 2.67 bits per heavy atom. The highest BCUT2D eigenvalue weighted by Crippen LogP contribution is 2.27. The molecule has 2 nitrogen and oxygen atoms in total. The van der Waals surface area contributed by atoms with E-state index in [9.17, 15) is 8.78 Å². The first kappa shape index (κ1) is 12.5. The molecule has 1 aromatic rings. The van der Waals surface area contributed by atoms with E-state index in [1.165, 1.54) is 0 Å². The summed E-state index contributed by atoms with van der Waals surface area (Å²) in [7, 11) is 0. The lowest BCUT2D eigenvalue weighted by molar-refractivity contribution is 0.144. The van der Waals surface area contributed by atoms with E-state index in [4.69, 9.17) is 5.26 Å². The van der Waals surface area contributed by atoms with E-state index in [1.807, 2.05) is 6.07 Å². The van der Waals surface area contributed by atoms with Crippen LogP contribution in [0.5, 0.6) is 0 Å². The zero-order valence-electron chi connectivity index (χ0n) is 7.48. The molecule has 1 rings (SSSR count). The van der Waals surface area contributed by atoms with Gasteiger partial charge in [0.25, 0.3) is 6.43 Å². The van der Waals surface area contributed by atoms with Crippen LogP contribution in [-0.4, -0.2) is 4.98 Å². The van der Waals surface area contributed by atoms with Crippen LogP contribution >= 0.6 is 31.9 Å². The summed E-state index contributed by atoms with van der Waals surface area (Å²) in [4.78, 5) is 3.69. The molecule has 0 spiro atoms. The van der Waals surface area contributed by atoms with Crippen molar-refractivity contribution in [2.45, 2.75) is 18.2 Å². The maximum absolute atomic E-state index is 12.6. The van der Waals surface area contributed by atoms with Crippen molar-refractivity contribution in [3.8, 4) is 6.07 Å². The van der Waals surface area contributed by atoms with Crippen LogP contribution in [0.1, 0.15) is 23.2 Å². The van der Waals surface area contributed by atoms with Crippen LogP contribution in [0, 0.1) is 11.3 Å². The molecule has 0 bridgehead atoms. The van der Waals surface area contributed by atoms with Gasteiger partial charge in [-0.15, -0.1) is 0 Å². The molecule has 0 saturated heterocycles. The maximum atomic E-state index is 12.6. The molecule has 0 saturated carbocycles. The molecule has 0 aromatic carbocycles. The number of aromatic nitrogens is 1. The molecule has 80 valence electrons. The van der Waals surface area contributed by atoms with E-state index in [-0.39, 0.29) is 12.1 Å². The smallest absolute Gasteiger partial charge is 0.240 e. The summed E-state index contributed by atoms with van der Waals surface area (Å²) in [5.41, 5.74) is 0.654. The first-order valence-corrected chi connectivity index (χ1v) is 5.90. The normalized spacial score (nSPS) is 10.4. The summed E-state index contributed by atoms with van der Waals surface area (Å²) in [6.07, 6.45) is -2.72. The molecule has 0 aliphatic rings. The van der Waals surface area contributed by atoms with Gasteiger partial charge in [-0.1, -0.05) is 15.9 Å². The number of hydrogen-bond donors (Lipinski definition) is 0. The van der Waals surface area contributed by atoms with Crippen LogP contribution in [0.15, 0.2) is 10.7 Å². The zero-order chi connectivity index (χ0) is 11.4. The van der Waals surface area contributed by atoms with Gasteiger partial charge < -0.3 is 0 Å². The van der Waals surface area contributed by atoms with Crippen LogP contribution < -0.4 is 0 Å². The number of nitrogens with zero attached hydrogens (tertiary/aromatic N) is 2. The largest absolute Gasteiger partial charge is 0.280 e. The van der Waals surface area contributed by atoms with Gasteiger partial charge in [0.05, 0.1) is 12.5 Å². The second-order valence-corrected chi connectivity index (χ2v) is 4.11. The van der Waals surface area contributed by atoms with E-state index in [2.05, 4.69) is 36.8 Å². The van der Waals surface area contributed by atoms with Gasteiger partial charge in [-0.2, -0.15) is 5.26 Å². The van der Waals surface area contributed by atoms with Crippen molar-refractivity contribution in [2.24, 2.45) is 0 Å². The molecule has 0 N–H and O–H groups in total. The molecule has 0 fully saturated rings. The topological polar surface area (TPSA) is 36.7 Å². The van der Waals surface area contributed by atoms with E-state index in [0.717, 1.165) is 0 Å². The van der Waals surface area contributed by atoms with E-state index in [0.29, 0.717) is 21.1 Å². The molecular formula is C9H6Br2F2N2. The van der Waals surface area contributed by atoms with Crippen molar-refractivity contribution < 1.29 is 8.78 Å². The highest BCUT2D eigenvalue weighted by Gasteiger charge is 2.18. The van der Waals surface area contributed by atoms with Crippen molar-refractivity contribution in [1.82, 2.24) is 4.98 Å². The third-order valence-corrected chi connectivity index (χ3v) is 2.83. The minimum absolute atomic E-state index is 0.0547. The number of pyridine rings is 1. The predicted molar refractivity (Wildman–Crippen MR) is 58.8 cm³/mol. The van der Waals surface area contributed by atoms with Crippen LogP contribution in [0.25, 0.3) is 0 Å². The molecular weight excluding hydrogens is 334 g/mol. The van der Waals surface area contributed by atoms with Gasteiger partial charge in [-0.25, -0.2) is 13.8 Å². The van der Waals surface area contributed by atoms with Crippen molar-refractivity contribution in [3.05, 3.63) is 27.5 Å². The average Bonchev–Trinajstić information content (AvgIpc) is 2.19. The molecule has 15 heavy (non-hydrogen) atoms. The quantitative estimate of drug-likeness (QED) is 0.621. The summed E-state index contributed by atoms with van der Waals surface area (Å²) in [5, 5.41) is 8.99. The number of rotatable bonds is 3. The first-order valence-electron chi connectivity index (χ1n) is 3.99. The third-order valence-electron chi connectivity index (χ3n) is 1.82. The fourth-order valence-electron chi connectivity index (χ4n) is 1.19. The Bertz CT molecular complexity index is 402. The monoisotopic (exact) mass is 338 g/mol. The van der Waals surface area contributed by atoms with Crippen molar-refractivity contribution in [3.63, 3.8) is 0 Å². The molecule has 0 aliphatic heterocycles. The third kappa shape index (κ3) is 2.95. The molecule has 0 unspecified atom stereocenters. The average molecular weight is 340 g/mol. The SMILES string of the molecule is N#CCc1c(CBr)cc(Br)nc1C(F)F. The molecule has 0 aliphatic carbocycles. The molecule has 1 heterocycles. The van der Waals surface area contributed by atoms with Crippen LogP contribution in [0.4, 0.5) is 8.78 Å². The fraction of sp³-hybridized carbons (Fsp3) is 0.333. The highest BCUT2D eigenvalue weighted by molar-refractivity contribution is 9.10. The fourth-order valence-corrected chi connectivity index (χ4v) is 2.16. The Morgan fingerprint density at radius 2 is 2.20 bits per heavy atom. The highest BCUT2D eigenvalue weighted by atomic mass is 79.9. The second-order valence-electron chi connectivity index (χ2n) is 2.74. The minimum atomic E-state index is -2.66. The maximum Gasteiger partial charge on any atom is 0.280 e. The Morgan fingerprint density at radius 1 is 1.53 bits per heavy atom. The van der Waals surface area contributed by atoms with Gasteiger partial charge in [0.2, 0.25) is 0 Å². The lowest BCUT2D eigenvalue weighted by atomic mass is 10.1. The lowest BCUT2D eigenvalue weighted by Crippen LogP contribution is -2.03. The Labute approximate surface area is 103 Å². The van der Waals surface area contributed by atoms with Crippen molar-refractivity contribution in [1.29, 1.82) is 5.26 Å². The lowest BCUT2D eigenvalue weighted by Gasteiger charge is -2.10. The standard InChI is InChI=1S/C9H6Br2F2N2/c10-4-5-3-7(11)15-8(9(12)13)6(5)1-2-14/h3,9H,1,4H2. The summed E-state index contributed by atoms with van der Waals surface area (Å²) in [6.45, 7) is 0. The van der Waals surface area contributed by atoms with Gasteiger partial charge in [0.15, 0.2) is 0 Å². The molecule has 0 amide bonds. The molecule has 0 atom stereocenters. The van der Waals surface area contributed by atoms with E-state index < -0.39 is 6.43 Å². The van der Waals surface area contributed by atoms with E-state index in [1.54, 1.807) is 6.07 Å². The van der Waals surface area contributed by atoms with Gasteiger partial charge >= 0.3 is 0 Å². The van der Waals surface area contributed by atoms with Crippen LogP contribution in [0.3, 0.4) is 0 Å². The first-order chi connectivity index (χ1) is 7.10. The van der Waals surface area contributed by atoms with Gasteiger partial charge in [0, 0.05) is 5.33 Å². The summed E-state index contributed by atoms with van der Waals surface area (Å²) in [5.74, 6) is 0. The molecule has 1 aromatic heterocycles. The molecule has 0 radical (unpaired) electrons. The van der Waals surface area contributed by atoms with Gasteiger partial charge in [-0.3, -0.25) is 0 Å². The predicted octanol–water partition coefficient (Wildman–Crippen LogP) is 3.74. The van der Waals surface area contributed by atoms with Gasteiger partial charge in [0.1, 0.15) is 10.3 Å².